The van der Waals surface area contributed by atoms with Crippen LogP contribution in [0.5, 0.6) is 0 Å². The predicted octanol–water partition coefficient (Wildman–Crippen LogP) is 1.88. The molecule has 2 aliphatic rings. The van der Waals surface area contributed by atoms with E-state index in [2.05, 4.69) is 6.92 Å². The third kappa shape index (κ3) is 12.2. The SMILES string of the molecule is CCCCCCCCCCCC(=O)O[C@@H]1[C@@H](O)[C@@H](O[C@]2(CO)O[C@H](CO)[C@@H](O)[C@@H]2OC(=O)C(C)C)O[C@H](CO)[C@H]1OC(=O)CC(C)C. The molecule has 0 saturated carbocycles. The first-order valence-electron chi connectivity index (χ1n) is 17.1. The van der Waals surface area contributed by atoms with E-state index in [1.807, 2.05) is 0 Å². The zero-order valence-electron chi connectivity index (χ0n) is 28.6. The maximum atomic E-state index is 13.0. The van der Waals surface area contributed by atoms with E-state index in [1.54, 1.807) is 27.7 Å². The monoisotopic (exact) mass is 678 g/mol. The number of esters is 3. The molecule has 2 fully saturated rings. The smallest absolute Gasteiger partial charge is 0.308 e. The Morgan fingerprint density at radius 2 is 1.32 bits per heavy atom. The molecule has 0 spiro atoms. The second-order valence-electron chi connectivity index (χ2n) is 13.2. The van der Waals surface area contributed by atoms with Crippen LogP contribution in [0.3, 0.4) is 0 Å². The van der Waals surface area contributed by atoms with E-state index in [1.165, 1.54) is 25.7 Å². The van der Waals surface area contributed by atoms with Gasteiger partial charge in [0.25, 0.3) is 0 Å². The number of carbonyl (C=O) groups excluding carboxylic acids is 3. The summed E-state index contributed by atoms with van der Waals surface area (Å²) >= 11 is 0. The quantitative estimate of drug-likeness (QED) is 0.0668. The maximum absolute atomic E-state index is 13.0. The van der Waals surface area contributed by atoms with Gasteiger partial charge in [-0.2, -0.15) is 0 Å². The average molecular weight is 679 g/mol. The summed E-state index contributed by atoms with van der Waals surface area (Å²) in [6, 6.07) is 0. The Bertz CT molecular complexity index is 944. The summed E-state index contributed by atoms with van der Waals surface area (Å²) in [4.78, 5) is 38.2. The lowest BCUT2D eigenvalue weighted by molar-refractivity contribution is -0.384. The van der Waals surface area contributed by atoms with Gasteiger partial charge in [0.1, 0.15) is 31.0 Å². The molecule has 0 aromatic carbocycles. The van der Waals surface area contributed by atoms with Gasteiger partial charge in [0.05, 0.1) is 19.1 Å². The number of carbonyl (C=O) groups is 3. The lowest BCUT2D eigenvalue weighted by Crippen LogP contribution is -2.64. The van der Waals surface area contributed by atoms with Crippen LogP contribution >= 0.6 is 0 Å². The molecule has 47 heavy (non-hydrogen) atoms. The molecule has 0 aromatic rings. The van der Waals surface area contributed by atoms with E-state index >= 15 is 0 Å². The van der Waals surface area contributed by atoms with Crippen molar-refractivity contribution in [2.75, 3.05) is 19.8 Å². The molecule has 5 N–H and O–H groups in total. The second-order valence-corrected chi connectivity index (χ2v) is 13.2. The zero-order valence-corrected chi connectivity index (χ0v) is 28.6. The van der Waals surface area contributed by atoms with Crippen molar-refractivity contribution in [1.82, 2.24) is 0 Å². The number of unbranched alkanes of at least 4 members (excludes halogenated alkanes) is 8. The Hall–Kier alpha value is -1.91. The average Bonchev–Trinajstić information content (AvgIpc) is 3.28. The Balaban J connectivity index is 2.24. The van der Waals surface area contributed by atoms with Crippen LogP contribution in [0, 0.1) is 11.8 Å². The van der Waals surface area contributed by atoms with Crippen LogP contribution in [-0.2, 0) is 42.8 Å². The first-order chi connectivity index (χ1) is 22.3. The normalized spacial score (nSPS) is 30.9. The highest BCUT2D eigenvalue weighted by molar-refractivity contribution is 5.72. The third-order valence-electron chi connectivity index (χ3n) is 8.29. The summed E-state index contributed by atoms with van der Waals surface area (Å²) < 4.78 is 33.9. The summed E-state index contributed by atoms with van der Waals surface area (Å²) in [7, 11) is 0. The van der Waals surface area contributed by atoms with Crippen LogP contribution in [-0.4, -0.2) is 118 Å². The van der Waals surface area contributed by atoms with Gasteiger partial charge in [-0.25, -0.2) is 0 Å². The van der Waals surface area contributed by atoms with Gasteiger partial charge < -0.3 is 54.0 Å². The van der Waals surface area contributed by atoms with Crippen LogP contribution < -0.4 is 0 Å². The fourth-order valence-corrected chi connectivity index (χ4v) is 5.61. The number of aliphatic hydroxyl groups excluding tert-OH is 5. The fraction of sp³-hybridized carbons (Fsp3) is 0.909. The van der Waals surface area contributed by atoms with Crippen LogP contribution in [0.15, 0.2) is 0 Å². The highest BCUT2D eigenvalue weighted by Gasteiger charge is 2.61. The van der Waals surface area contributed by atoms with E-state index in [-0.39, 0.29) is 18.8 Å². The number of ether oxygens (including phenoxy) is 6. The number of aliphatic hydroxyl groups is 5. The van der Waals surface area contributed by atoms with Crippen LogP contribution in [0.2, 0.25) is 0 Å². The summed E-state index contributed by atoms with van der Waals surface area (Å²) in [6.07, 6.45) is -3.32. The van der Waals surface area contributed by atoms with Crippen molar-refractivity contribution in [2.24, 2.45) is 11.8 Å². The predicted molar refractivity (Wildman–Crippen MR) is 166 cm³/mol. The number of rotatable bonds is 21. The molecule has 0 aliphatic carbocycles. The van der Waals surface area contributed by atoms with Crippen molar-refractivity contribution < 1.29 is 68.3 Å². The van der Waals surface area contributed by atoms with Crippen molar-refractivity contribution in [3.63, 3.8) is 0 Å². The first kappa shape index (κ1) is 41.3. The molecule has 14 heteroatoms. The van der Waals surface area contributed by atoms with Gasteiger partial charge in [-0.05, 0) is 12.3 Å². The number of hydrogen-bond acceptors (Lipinski definition) is 14. The maximum Gasteiger partial charge on any atom is 0.308 e. The van der Waals surface area contributed by atoms with E-state index in [0.29, 0.717) is 6.42 Å². The van der Waals surface area contributed by atoms with Gasteiger partial charge in [0, 0.05) is 12.8 Å². The molecule has 0 amide bonds. The molecule has 0 bridgehead atoms. The van der Waals surface area contributed by atoms with Crippen molar-refractivity contribution in [3.8, 4) is 0 Å². The molecule has 9 atom stereocenters. The van der Waals surface area contributed by atoms with Crippen molar-refractivity contribution in [2.45, 2.75) is 160 Å². The summed E-state index contributed by atoms with van der Waals surface area (Å²) in [5.41, 5.74) is 0. The minimum absolute atomic E-state index is 0.00851. The Morgan fingerprint density at radius 1 is 0.745 bits per heavy atom. The van der Waals surface area contributed by atoms with Gasteiger partial charge in [-0.15, -0.1) is 0 Å². The van der Waals surface area contributed by atoms with E-state index in [0.717, 1.165) is 25.7 Å². The molecule has 0 aromatic heterocycles. The minimum atomic E-state index is -2.34. The van der Waals surface area contributed by atoms with Gasteiger partial charge in [0.15, 0.2) is 24.6 Å². The Morgan fingerprint density at radius 3 is 1.85 bits per heavy atom. The van der Waals surface area contributed by atoms with E-state index in [4.69, 9.17) is 28.4 Å². The van der Waals surface area contributed by atoms with Gasteiger partial charge in [0.2, 0.25) is 5.79 Å². The lowest BCUT2D eigenvalue weighted by Gasteiger charge is -2.45. The van der Waals surface area contributed by atoms with E-state index in [9.17, 15) is 39.9 Å². The second kappa shape index (κ2) is 20.6. The molecule has 274 valence electrons. The molecular weight excluding hydrogens is 620 g/mol. The highest BCUT2D eigenvalue weighted by atomic mass is 16.8. The van der Waals surface area contributed by atoms with Gasteiger partial charge in [-0.3, -0.25) is 14.4 Å². The van der Waals surface area contributed by atoms with Crippen LogP contribution in [0.1, 0.15) is 105 Å². The molecular formula is C33H58O14. The number of hydrogen-bond donors (Lipinski definition) is 5. The lowest BCUT2D eigenvalue weighted by atomic mass is 9.97. The summed E-state index contributed by atoms with van der Waals surface area (Å²) in [6.45, 7) is 6.36. The molecule has 2 saturated heterocycles. The summed E-state index contributed by atoms with van der Waals surface area (Å²) in [5.74, 6) is -5.16. The molecule has 2 aliphatic heterocycles. The fourth-order valence-electron chi connectivity index (χ4n) is 5.61. The third-order valence-corrected chi connectivity index (χ3v) is 8.29. The molecule has 0 radical (unpaired) electrons. The highest BCUT2D eigenvalue weighted by Crippen LogP contribution is 2.39. The topological polar surface area (TPSA) is 208 Å². The van der Waals surface area contributed by atoms with Crippen molar-refractivity contribution in [1.29, 1.82) is 0 Å². The summed E-state index contributed by atoms with van der Waals surface area (Å²) in [5, 5.41) is 52.6. The Labute approximate surface area is 278 Å². The van der Waals surface area contributed by atoms with Gasteiger partial charge >= 0.3 is 17.9 Å². The molecule has 2 heterocycles. The zero-order chi connectivity index (χ0) is 35.1. The van der Waals surface area contributed by atoms with Crippen molar-refractivity contribution in [3.05, 3.63) is 0 Å². The first-order valence-corrected chi connectivity index (χ1v) is 17.1. The van der Waals surface area contributed by atoms with E-state index < -0.39 is 98.5 Å². The van der Waals surface area contributed by atoms with Gasteiger partial charge in [-0.1, -0.05) is 86.0 Å². The largest absolute Gasteiger partial charge is 0.455 e. The van der Waals surface area contributed by atoms with Crippen LogP contribution in [0.4, 0.5) is 0 Å². The molecule has 0 unspecified atom stereocenters. The van der Waals surface area contributed by atoms with Crippen LogP contribution in [0.25, 0.3) is 0 Å². The molecule has 14 nitrogen and oxygen atoms in total. The standard InChI is InChI=1S/C33H58O14/c1-6-7-8-9-10-11-12-13-14-15-24(37)43-29-27(40)32(42-23(18-35)28(29)44-25(38)16-20(2)3)47-33(19-36)30(45-31(41)21(4)5)26(39)22(17-34)46-33/h20-23,26-30,32,34-36,39-40H,6-19H2,1-5H3/t22-,23-,26-,27-,28-,29-,30+,32-,33+/m1/s1. The minimum Gasteiger partial charge on any atom is -0.455 e. The molecule has 2 rings (SSSR count). The Kier molecular flexibility index (Phi) is 18.1. The van der Waals surface area contributed by atoms with Crippen molar-refractivity contribution >= 4 is 17.9 Å².